The molecule has 31 heavy (non-hydrogen) atoms. The van der Waals surface area contributed by atoms with Crippen LogP contribution < -0.4 is 9.47 Å². The first-order chi connectivity index (χ1) is 15.2. The van der Waals surface area contributed by atoms with Crippen LogP contribution in [0.5, 0.6) is 11.5 Å². The predicted octanol–water partition coefficient (Wildman–Crippen LogP) is 2.42. The summed E-state index contributed by atoms with van der Waals surface area (Å²) in [4.78, 5) is 22.5. The van der Waals surface area contributed by atoms with Crippen molar-refractivity contribution in [3.05, 3.63) is 53.9 Å². The molecule has 4 heterocycles. The van der Waals surface area contributed by atoms with Crippen molar-refractivity contribution in [1.82, 2.24) is 14.8 Å². The van der Waals surface area contributed by atoms with E-state index in [4.69, 9.17) is 14.2 Å². The van der Waals surface area contributed by atoms with Crippen LogP contribution in [-0.4, -0.2) is 65.9 Å². The number of carbonyl (C=O) groups is 1. The molecule has 6 rings (SSSR count). The standard InChI is InChI=1S/C24H27N3O4/c28-23-24(31-9-8-27(23)13-17-3-4-17)15-26(14-20(24)19-2-1-7-25-11-19)12-18-5-6-21-22(10-18)30-16-29-21/h1-2,5-7,10-11,17,20H,3-4,8-9,12-16H2/t20-,24-/m1/s1. The number of likely N-dealkylation sites (tertiary alicyclic amines) is 1. The molecule has 1 aromatic carbocycles. The minimum Gasteiger partial charge on any atom is -0.454 e. The van der Waals surface area contributed by atoms with Crippen LogP contribution in [0.15, 0.2) is 42.7 Å². The van der Waals surface area contributed by atoms with Gasteiger partial charge in [-0.05, 0) is 48.1 Å². The van der Waals surface area contributed by atoms with E-state index in [1.807, 2.05) is 24.4 Å². The molecular weight excluding hydrogens is 394 g/mol. The van der Waals surface area contributed by atoms with E-state index in [2.05, 4.69) is 26.9 Å². The van der Waals surface area contributed by atoms with Gasteiger partial charge < -0.3 is 19.1 Å². The van der Waals surface area contributed by atoms with Gasteiger partial charge in [-0.25, -0.2) is 0 Å². The smallest absolute Gasteiger partial charge is 0.256 e. The molecule has 1 aliphatic carbocycles. The van der Waals surface area contributed by atoms with Crippen LogP contribution in [0.2, 0.25) is 0 Å². The summed E-state index contributed by atoms with van der Waals surface area (Å²) < 4.78 is 17.4. The molecule has 1 aromatic heterocycles. The highest BCUT2D eigenvalue weighted by Gasteiger charge is 2.57. The van der Waals surface area contributed by atoms with Crippen LogP contribution >= 0.6 is 0 Å². The average Bonchev–Trinajstić information content (AvgIpc) is 3.36. The second-order valence-electron chi connectivity index (χ2n) is 9.13. The Bertz CT molecular complexity index is 980. The molecule has 2 saturated heterocycles. The molecule has 3 fully saturated rings. The molecule has 7 heteroatoms. The van der Waals surface area contributed by atoms with E-state index in [-0.39, 0.29) is 18.6 Å². The van der Waals surface area contributed by atoms with Gasteiger partial charge in [0.05, 0.1) is 6.61 Å². The van der Waals surface area contributed by atoms with Crippen molar-refractivity contribution in [1.29, 1.82) is 0 Å². The maximum atomic E-state index is 13.8. The Hall–Kier alpha value is -2.64. The van der Waals surface area contributed by atoms with Gasteiger partial charge in [0.1, 0.15) is 0 Å². The first kappa shape index (κ1) is 19.1. The van der Waals surface area contributed by atoms with Crippen LogP contribution in [0.4, 0.5) is 0 Å². The van der Waals surface area contributed by atoms with Gasteiger partial charge in [0.25, 0.3) is 5.91 Å². The summed E-state index contributed by atoms with van der Waals surface area (Å²) in [7, 11) is 0. The van der Waals surface area contributed by atoms with Gasteiger partial charge in [0.2, 0.25) is 6.79 Å². The van der Waals surface area contributed by atoms with E-state index in [0.717, 1.165) is 42.3 Å². The quantitative estimate of drug-likeness (QED) is 0.739. The molecule has 0 radical (unpaired) electrons. The minimum absolute atomic E-state index is 0.0373. The summed E-state index contributed by atoms with van der Waals surface area (Å²) >= 11 is 0. The Morgan fingerprint density at radius 2 is 2.06 bits per heavy atom. The normalized spacial score (nSPS) is 27.9. The van der Waals surface area contributed by atoms with Crippen molar-refractivity contribution < 1.29 is 19.0 Å². The summed E-state index contributed by atoms with van der Waals surface area (Å²) in [5.41, 5.74) is 1.37. The average molecular weight is 421 g/mol. The molecule has 0 bridgehead atoms. The van der Waals surface area contributed by atoms with Crippen LogP contribution in [0.3, 0.4) is 0 Å². The zero-order valence-electron chi connectivity index (χ0n) is 17.5. The number of aromatic nitrogens is 1. The van der Waals surface area contributed by atoms with E-state index in [0.29, 0.717) is 25.6 Å². The third-order valence-electron chi connectivity index (χ3n) is 6.94. The summed E-state index contributed by atoms with van der Waals surface area (Å²) in [5.74, 6) is 2.35. The number of hydrogen-bond acceptors (Lipinski definition) is 6. The van der Waals surface area contributed by atoms with E-state index in [1.165, 1.54) is 12.8 Å². The van der Waals surface area contributed by atoms with E-state index in [1.54, 1.807) is 6.20 Å². The first-order valence-corrected chi connectivity index (χ1v) is 11.2. The number of amides is 1. The highest BCUT2D eigenvalue weighted by Crippen LogP contribution is 2.43. The van der Waals surface area contributed by atoms with Gasteiger partial charge in [-0.3, -0.25) is 14.7 Å². The van der Waals surface area contributed by atoms with Gasteiger partial charge in [-0.2, -0.15) is 0 Å². The topological polar surface area (TPSA) is 64.1 Å². The Balaban J connectivity index is 1.29. The molecular formula is C24H27N3O4. The molecule has 7 nitrogen and oxygen atoms in total. The number of morpholine rings is 1. The van der Waals surface area contributed by atoms with Crippen molar-refractivity contribution >= 4 is 5.91 Å². The van der Waals surface area contributed by atoms with Crippen molar-refractivity contribution in [2.75, 3.05) is 39.6 Å². The zero-order valence-corrected chi connectivity index (χ0v) is 17.5. The van der Waals surface area contributed by atoms with Crippen LogP contribution in [0.25, 0.3) is 0 Å². The summed E-state index contributed by atoms with van der Waals surface area (Å²) in [6.07, 6.45) is 6.13. The van der Waals surface area contributed by atoms with Crippen molar-refractivity contribution in [3.63, 3.8) is 0 Å². The fourth-order valence-corrected chi connectivity index (χ4v) is 5.21. The fourth-order valence-electron chi connectivity index (χ4n) is 5.21. The van der Waals surface area contributed by atoms with Crippen molar-refractivity contribution in [2.24, 2.45) is 5.92 Å². The molecule has 4 aliphatic rings. The summed E-state index contributed by atoms with van der Waals surface area (Å²) in [6.45, 7) is 4.49. The van der Waals surface area contributed by atoms with Crippen LogP contribution in [0.1, 0.15) is 29.9 Å². The third kappa shape index (κ3) is 3.46. The summed E-state index contributed by atoms with van der Waals surface area (Å²) in [6, 6.07) is 10.1. The minimum atomic E-state index is -0.841. The number of hydrogen-bond donors (Lipinski definition) is 0. The molecule has 1 spiro atoms. The number of ether oxygens (including phenoxy) is 3. The second kappa shape index (κ2) is 7.50. The zero-order chi connectivity index (χ0) is 20.8. The Morgan fingerprint density at radius 3 is 2.90 bits per heavy atom. The Morgan fingerprint density at radius 1 is 1.16 bits per heavy atom. The maximum Gasteiger partial charge on any atom is 0.256 e. The summed E-state index contributed by atoms with van der Waals surface area (Å²) in [5, 5.41) is 0. The van der Waals surface area contributed by atoms with E-state index in [9.17, 15) is 4.79 Å². The molecule has 162 valence electrons. The highest BCUT2D eigenvalue weighted by molar-refractivity contribution is 5.88. The highest BCUT2D eigenvalue weighted by atomic mass is 16.7. The fraction of sp³-hybridized carbons (Fsp3) is 0.500. The van der Waals surface area contributed by atoms with Crippen molar-refractivity contribution in [3.8, 4) is 11.5 Å². The van der Waals surface area contributed by atoms with Gasteiger partial charge in [0.15, 0.2) is 17.1 Å². The lowest BCUT2D eigenvalue weighted by molar-refractivity contribution is -0.172. The molecule has 1 saturated carbocycles. The van der Waals surface area contributed by atoms with Crippen molar-refractivity contribution in [2.45, 2.75) is 30.9 Å². The lowest BCUT2D eigenvalue weighted by atomic mass is 9.83. The van der Waals surface area contributed by atoms with Gasteiger partial charge in [0, 0.05) is 51.0 Å². The van der Waals surface area contributed by atoms with E-state index < -0.39 is 5.60 Å². The van der Waals surface area contributed by atoms with Crippen LogP contribution in [-0.2, 0) is 16.1 Å². The van der Waals surface area contributed by atoms with Crippen LogP contribution in [0, 0.1) is 5.92 Å². The lowest BCUT2D eigenvalue weighted by Gasteiger charge is -2.42. The lowest BCUT2D eigenvalue weighted by Crippen LogP contribution is -2.60. The molecule has 0 unspecified atom stereocenters. The number of nitrogens with zero attached hydrogens (tertiary/aromatic N) is 3. The largest absolute Gasteiger partial charge is 0.454 e. The Kier molecular flexibility index (Phi) is 4.61. The van der Waals surface area contributed by atoms with E-state index >= 15 is 0 Å². The second-order valence-corrected chi connectivity index (χ2v) is 9.13. The number of fused-ring (bicyclic) bond motifs is 1. The molecule has 3 aliphatic heterocycles. The monoisotopic (exact) mass is 421 g/mol. The van der Waals surface area contributed by atoms with Gasteiger partial charge >= 0.3 is 0 Å². The molecule has 2 atom stereocenters. The number of rotatable bonds is 5. The van der Waals surface area contributed by atoms with Gasteiger partial charge in [-0.1, -0.05) is 12.1 Å². The maximum absolute atomic E-state index is 13.8. The first-order valence-electron chi connectivity index (χ1n) is 11.2. The molecule has 1 amide bonds. The molecule has 2 aromatic rings. The SMILES string of the molecule is O=C1N(CC2CC2)CCO[C@@]12CN(Cc1ccc3c(c1)OCO3)C[C@@H]2c1cccnc1. The number of carbonyl (C=O) groups excluding carboxylic acids is 1. The predicted molar refractivity (Wildman–Crippen MR) is 113 cm³/mol. The number of pyridine rings is 1. The number of benzene rings is 1. The molecule has 0 N–H and O–H groups in total. The van der Waals surface area contributed by atoms with Gasteiger partial charge in [-0.15, -0.1) is 0 Å². The third-order valence-corrected chi connectivity index (χ3v) is 6.94. The Labute approximate surface area is 181 Å².